The molecule has 1 amide bonds. The van der Waals surface area contributed by atoms with E-state index in [1.165, 1.54) is 0 Å². The van der Waals surface area contributed by atoms with E-state index in [1.807, 2.05) is 44.6 Å². The van der Waals surface area contributed by atoms with E-state index in [-0.39, 0.29) is 18.2 Å². The molecule has 0 aliphatic heterocycles. The van der Waals surface area contributed by atoms with Gasteiger partial charge in [0.05, 0.1) is 23.9 Å². The maximum absolute atomic E-state index is 12.0. The average Bonchev–Trinajstić information content (AvgIpc) is 2.75. The number of alkyl carbamates (subject to hydrolysis) is 1. The largest absolute Gasteiger partial charge is 0.444 e. The second kappa shape index (κ2) is 6.05. The average molecular weight is 295 g/mol. The second-order valence-corrected chi connectivity index (χ2v) is 6.72. The fourth-order valence-corrected chi connectivity index (χ4v) is 2.66. The molecular formula is C15H25N3O3. The van der Waals surface area contributed by atoms with Crippen LogP contribution in [-0.4, -0.2) is 38.7 Å². The first-order chi connectivity index (χ1) is 9.74. The molecule has 6 nitrogen and oxygen atoms in total. The van der Waals surface area contributed by atoms with E-state index in [0.717, 1.165) is 5.69 Å². The maximum Gasteiger partial charge on any atom is 0.407 e. The second-order valence-electron chi connectivity index (χ2n) is 6.72. The van der Waals surface area contributed by atoms with Crippen LogP contribution in [0.5, 0.6) is 0 Å². The Kier molecular flexibility index (Phi) is 4.56. The molecule has 6 heteroatoms. The fourth-order valence-electron chi connectivity index (χ4n) is 2.66. The number of hydrogen-bond donors (Lipinski definition) is 2. The molecule has 1 aliphatic carbocycles. The lowest BCUT2D eigenvalue weighted by molar-refractivity contribution is 0.0387. The van der Waals surface area contributed by atoms with Crippen LogP contribution in [0.1, 0.15) is 51.8 Å². The van der Waals surface area contributed by atoms with Crippen molar-refractivity contribution in [3.05, 3.63) is 18.0 Å². The molecule has 0 aromatic carbocycles. The lowest BCUT2D eigenvalue weighted by atomic mass is 9.88. The molecule has 0 bridgehead atoms. The van der Waals surface area contributed by atoms with Crippen LogP contribution in [0.2, 0.25) is 0 Å². The van der Waals surface area contributed by atoms with Crippen molar-refractivity contribution in [2.45, 2.75) is 70.7 Å². The molecule has 3 unspecified atom stereocenters. The Balaban J connectivity index is 2.06. The molecule has 1 heterocycles. The van der Waals surface area contributed by atoms with Crippen LogP contribution in [0, 0.1) is 6.92 Å². The van der Waals surface area contributed by atoms with Crippen LogP contribution in [0.4, 0.5) is 4.79 Å². The topological polar surface area (TPSA) is 76.4 Å². The van der Waals surface area contributed by atoms with E-state index in [4.69, 9.17) is 4.74 Å². The Labute approximate surface area is 125 Å². The van der Waals surface area contributed by atoms with Gasteiger partial charge in [-0.25, -0.2) is 4.79 Å². The van der Waals surface area contributed by atoms with Crippen LogP contribution in [0.15, 0.2) is 12.3 Å². The number of ether oxygens (including phenoxy) is 1. The molecular weight excluding hydrogens is 270 g/mol. The summed E-state index contributed by atoms with van der Waals surface area (Å²) < 4.78 is 7.15. The van der Waals surface area contributed by atoms with Crippen molar-refractivity contribution in [3.8, 4) is 0 Å². The fraction of sp³-hybridized carbons (Fsp3) is 0.733. The molecule has 118 valence electrons. The quantitative estimate of drug-likeness (QED) is 0.876. The van der Waals surface area contributed by atoms with Gasteiger partial charge in [-0.1, -0.05) is 0 Å². The summed E-state index contributed by atoms with van der Waals surface area (Å²) in [5.41, 5.74) is 0.404. The van der Waals surface area contributed by atoms with Gasteiger partial charge < -0.3 is 15.2 Å². The molecule has 1 aliphatic rings. The van der Waals surface area contributed by atoms with Crippen molar-refractivity contribution in [2.75, 3.05) is 0 Å². The summed E-state index contributed by atoms with van der Waals surface area (Å²) in [5, 5.41) is 17.2. The van der Waals surface area contributed by atoms with Crippen LogP contribution in [0.25, 0.3) is 0 Å². The minimum Gasteiger partial charge on any atom is -0.444 e. The van der Waals surface area contributed by atoms with Gasteiger partial charge in [0.1, 0.15) is 5.60 Å². The van der Waals surface area contributed by atoms with Crippen LogP contribution >= 0.6 is 0 Å². The van der Waals surface area contributed by atoms with E-state index in [0.29, 0.717) is 19.3 Å². The number of rotatable bonds is 2. The van der Waals surface area contributed by atoms with Crippen molar-refractivity contribution < 1.29 is 14.6 Å². The molecule has 0 saturated heterocycles. The van der Waals surface area contributed by atoms with E-state index >= 15 is 0 Å². The number of carbonyl (C=O) groups excluding carboxylic acids is 1. The number of hydrogen-bond acceptors (Lipinski definition) is 4. The molecule has 2 rings (SSSR count). The summed E-state index contributed by atoms with van der Waals surface area (Å²) in [6, 6.07) is 1.79. The van der Waals surface area contributed by atoms with Gasteiger partial charge in [0.25, 0.3) is 0 Å². The molecule has 0 spiro atoms. The molecule has 21 heavy (non-hydrogen) atoms. The Bertz CT molecular complexity index is 493. The molecule has 1 aromatic heterocycles. The minimum absolute atomic E-state index is 0.0463. The predicted molar refractivity (Wildman–Crippen MR) is 79.0 cm³/mol. The molecule has 0 radical (unpaired) electrons. The van der Waals surface area contributed by atoms with Crippen molar-refractivity contribution in [2.24, 2.45) is 0 Å². The van der Waals surface area contributed by atoms with Crippen LogP contribution in [-0.2, 0) is 4.74 Å². The van der Waals surface area contributed by atoms with Crippen molar-refractivity contribution >= 4 is 6.09 Å². The van der Waals surface area contributed by atoms with E-state index in [2.05, 4.69) is 10.4 Å². The lowest BCUT2D eigenvalue weighted by Crippen LogP contribution is -2.47. The Hall–Kier alpha value is -1.56. The summed E-state index contributed by atoms with van der Waals surface area (Å²) in [5.74, 6) is 0. The normalized spacial score (nSPS) is 26.4. The minimum atomic E-state index is -0.518. The Morgan fingerprint density at radius 1 is 1.48 bits per heavy atom. The SMILES string of the molecule is Cc1ccn(C2CC(O)CCC2NC(=O)OC(C)(C)C)n1. The van der Waals surface area contributed by atoms with Crippen LogP contribution < -0.4 is 5.32 Å². The Morgan fingerprint density at radius 2 is 2.19 bits per heavy atom. The van der Waals surface area contributed by atoms with E-state index in [9.17, 15) is 9.90 Å². The van der Waals surface area contributed by atoms with Gasteiger partial charge in [0.15, 0.2) is 0 Å². The number of aliphatic hydroxyl groups excluding tert-OH is 1. The highest BCUT2D eigenvalue weighted by molar-refractivity contribution is 5.68. The summed E-state index contributed by atoms with van der Waals surface area (Å²) >= 11 is 0. The molecule has 3 atom stereocenters. The number of nitrogens with zero attached hydrogens (tertiary/aromatic N) is 2. The van der Waals surface area contributed by atoms with Gasteiger partial charge in [-0.15, -0.1) is 0 Å². The van der Waals surface area contributed by atoms with Gasteiger partial charge in [0.2, 0.25) is 0 Å². The van der Waals surface area contributed by atoms with Crippen LogP contribution in [0.3, 0.4) is 0 Å². The van der Waals surface area contributed by atoms with E-state index < -0.39 is 11.7 Å². The zero-order chi connectivity index (χ0) is 15.6. The third-order valence-corrected chi connectivity index (χ3v) is 3.57. The van der Waals surface area contributed by atoms with Gasteiger partial charge in [0, 0.05) is 6.20 Å². The zero-order valence-electron chi connectivity index (χ0n) is 13.2. The van der Waals surface area contributed by atoms with Gasteiger partial charge >= 0.3 is 6.09 Å². The highest BCUT2D eigenvalue weighted by atomic mass is 16.6. The summed E-state index contributed by atoms with van der Waals surface area (Å²) in [4.78, 5) is 12.0. The van der Waals surface area contributed by atoms with Crippen molar-refractivity contribution in [3.63, 3.8) is 0 Å². The number of aliphatic hydroxyl groups is 1. The monoisotopic (exact) mass is 295 g/mol. The van der Waals surface area contributed by atoms with Gasteiger partial charge in [-0.3, -0.25) is 4.68 Å². The first-order valence-corrected chi connectivity index (χ1v) is 7.44. The predicted octanol–water partition coefficient (Wildman–Crippen LogP) is 2.17. The number of nitrogens with one attached hydrogen (secondary N) is 1. The third-order valence-electron chi connectivity index (χ3n) is 3.57. The van der Waals surface area contributed by atoms with Crippen molar-refractivity contribution in [1.82, 2.24) is 15.1 Å². The highest BCUT2D eigenvalue weighted by Gasteiger charge is 2.33. The number of aryl methyl sites for hydroxylation is 1. The lowest BCUT2D eigenvalue weighted by Gasteiger charge is -2.35. The maximum atomic E-state index is 12.0. The molecule has 1 aromatic rings. The Morgan fingerprint density at radius 3 is 2.76 bits per heavy atom. The summed E-state index contributed by atoms with van der Waals surface area (Å²) in [6.45, 7) is 7.44. The standard InChI is InChI=1S/C15H25N3O3/c1-10-7-8-18(17-10)13-9-11(19)5-6-12(13)16-14(20)21-15(2,3)4/h7-8,11-13,19H,5-6,9H2,1-4H3,(H,16,20). The highest BCUT2D eigenvalue weighted by Crippen LogP contribution is 2.29. The molecule has 1 saturated carbocycles. The molecule has 1 fully saturated rings. The first-order valence-electron chi connectivity index (χ1n) is 7.44. The van der Waals surface area contributed by atoms with E-state index in [1.54, 1.807) is 0 Å². The zero-order valence-corrected chi connectivity index (χ0v) is 13.2. The van der Waals surface area contributed by atoms with Gasteiger partial charge in [-0.2, -0.15) is 5.10 Å². The molecule has 2 N–H and O–H groups in total. The smallest absolute Gasteiger partial charge is 0.407 e. The first kappa shape index (κ1) is 15.8. The number of amides is 1. The third kappa shape index (κ3) is 4.46. The number of aromatic nitrogens is 2. The van der Waals surface area contributed by atoms with Crippen molar-refractivity contribution in [1.29, 1.82) is 0 Å². The summed E-state index contributed by atoms with van der Waals surface area (Å²) in [7, 11) is 0. The summed E-state index contributed by atoms with van der Waals surface area (Å²) in [6.07, 6.45) is 3.10. The van der Waals surface area contributed by atoms with Gasteiger partial charge in [-0.05, 0) is 53.0 Å². The number of carbonyl (C=O) groups is 1.